The Hall–Kier alpha value is -1.77. The summed E-state index contributed by atoms with van der Waals surface area (Å²) in [7, 11) is 0. The minimum atomic E-state index is -5.06. The topological polar surface area (TPSA) is 85.2 Å². The molecule has 17 heavy (non-hydrogen) atoms. The fourth-order valence-corrected chi connectivity index (χ4v) is 1.27. The zero-order valence-corrected chi connectivity index (χ0v) is 8.63. The number of hydrogen-bond donors (Lipinski definition) is 1. The molecule has 1 heterocycles. The molecule has 0 bridgehead atoms. The van der Waals surface area contributed by atoms with Gasteiger partial charge in [0.15, 0.2) is 5.43 Å². The third-order valence-electron chi connectivity index (χ3n) is 1.63. The number of nitrogens with one attached hydrogen (secondary N) is 1. The van der Waals surface area contributed by atoms with Crippen LogP contribution in [0.4, 0.5) is 19.0 Å². The van der Waals surface area contributed by atoms with E-state index in [2.05, 4.69) is 4.74 Å². The van der Waals surface area contributed by atoms with Crippen LogP contribution in [0.15, 0.2) is 10.9 Å². The molecule has 0 aliphatic carbocycles. The Morgan fingerprint density at radius 3 is 2.53 bits per heavy atom. The number of ether oxygens (including phenoxy) is 1. The van der Waals surface area contributed by atoms with E-state index >= 15 is 0 Å². The number of nitrogens with zero attached hydrogens (tertiary/aromatic N) is 1. The summed E-state index contributed by atoms with van der Waals surface area (Å²) in [6.07, 6.45) is -5.06. The fourth-order valence-electron chi connectivity index (χ4n) is 1.02. The van der Waals surface area contributed by atoms with Crippen molar-refractivity contribution in [1.29, 1.82) is 0 Å². The number of aromatic nitrogens is 1. The molecule has 0 spiro atoms. The van der Waals surface area contributed by atoms with E-state index in [0.717, 1.165) is 0 Å². The van der Waals surface area contributed by atoms with Gasteiger partial charge in [-0.05, 0) is 4.92 Å². The number of halogens is 4. The average molecular weight is 273 g/mol. The van der Waals surface area contributed by atoms with Gasteiger partial charge in [0.1, 0.15) is 5.56 Å². The van der Waals surface area contributed by atoms with E-state index in [0.29, 0.717) is 6.07 Å². The molecule has 0 radical (unpaired) electrons. The Kier molecular flexibility index (Phi) is 3.61. The molecular weight excluding hydrogens is 269 g/mol. The first-order valence-corrected chi connectivity index (χ1v) is 4.50. The maximum Gasteiger partial charge on any atom is 0.575 e. The molecule has 0 aliphatic heterocycles. The zero-order valence-electron chi connectivity index (χ0n) is 7.88. The minimum absolute atomic E-state index is 0.439. The number of rotatable bonds is 3. The lowest BCUT2D eigenvalue weighted by Gasteiger charge is -2.07. The van der Waals surface area contributed by atoms with Gasteiger partial charge in [-0.15, -0.1) is 24.8 Å². The van der Waals surface area contributed by atoms with Gasteiger partial charge in [0.25, 0.3) is 5.88 Å². The first-order chi connectivity index (χ1) is 7.74. The molecule has 0 saturated carbocycles. The summed E-state index contributed by atoms with van der Waals surface area (Å²) >= 11 is 5.28. The maximum absolute atomic E-state index is 11.8. The van der Waals surface area contributed by atoms with E-state index in [-0.39, 0.29) is 0 Å². The van der Waals surface area contributed by atoms with Crippen molar-refractivity contribution in [2.75, 3.05) is 0 Å². The molecule has 0 atom stereocenters. The van der Waals surface area contributed by atoms with E-state index < -0.39 is 39.9 Å². The second kappa shape index (κ2) is 4.62. The van der Waals surface area contributed by atoms with Crippen LogP contribution in [0.2, 0.25) is 0 Å². The fraction of sp³-hybridized carbons (Fsp3) is 0.286. The second-order valence-electron chi connectivity index (χ2n) is 2.76. The SMILES string of the molecule is O=c1cc(OC(F)(F)F)[nH]c([N+](=O)[O-])c1CCl. The first-order valence-electron chi connectivity index (χ1n) is 3.97. The van der Waals surface area contributed by atoms with Crippen LogP contribution in [0, 0.1) is 10.1 Å². The van der Waals surface area contributed by atoms with Gasteiger partial charge in [0, 0.05) is 0 Å². The minimum Gasteiger partial charge on any atom is -0.370 e. The average Bonchev–Trinajstić information content (AvgIpc) is 2.13. The zero-order chi connectivity index (χ0) is 13.2. The van der Waals surface area contributed by atoms with Crippen molar-refractivity contribution >= 4 is 17.4 Å². The monoisotopic (exact) mass is 272 g/mol. The van der Waals surface area contributed by atoms with Crippen LogP contribution in [-0.4, -0.2) is 16.3 Å². The summed E-state index contributed by atoms with van der Waals surface area (Å²) in [5.41, 5.74) is -1.45. The van der Waals surface area contributed by atoms with E-state index in [9.17, 15) is 28.1 Å². The highest BCUT2D eigenvalue weighted by atomic mass is 35.5. The van der Waals surface area contributed by atoms with Crippen LogP contribution < -0.4 is 10.2 Å². The third kappa shape index (κ3) is 3.34. The molecule has 0 fully saturated rings. The summed E-state index contributed by atoms with van der Waals surface area (Å²) in [5.74, 6) is -2.49. The highest BCUT2D eigenvalue weighted by molar-refractivity contribution is 6.17. The molecule has 0 unspecified atom stereocenters. The molecule has 0 aliphatic rings. The number of alkyl halides is 4. The Balaban J connectivity index is 3.30. The van der Waals surface area contributed by atoms with Crippen molar-refractivity contribution in [1.82, 2.24) is 4.98 Å². The van der Waals surface area contributed by atoms with Gasteiger partial charge in [0.2, 0.25) is 0 Å². The van der Waals surface area contributed by atoms with E-state index in [4.69, 9.17) is 11.6 Å². The summed E-state index contributed by atoms with van der Waals surface area (Å²) in [6.45, 7) is 0. The predicted octanol–water partition coefficient (Wildman–Crippen LogP) is 1.92. The Labute approximate surface area is 96.1 Å². The summed E-state index contributed by atoms with van der Waals surface area (Å²) in [6, 6.07) is 0.443. The molecule has 1 N–H and O–H groups in total. The standard InChI is InChI=1S/C7H4ClF3N2O4/c8-2-3-4(14)1-5(17-7(9,10)11)12-6(3)13(15)16/h1H,2H2,(H,12,14). The Morgan fingerprint density at radius 1 is 1.53 bits per heavy atom. The lowest BCUT2D eigenvalue weighted by Crippen LogP contribution is -2.21. The smallest absolute Gasteiger partial charge is 0.370 e. The van der Waals surface area contributed by atoms with Crippen molar-refractivity contribution < 1.29 is 22.8 Å². The third-order valence-corrected chi connectivity index (χ3v) is 1.90. The van der Waals surface area contributed by atoms with E-state index in [1.807, 2.05) is 0 Å². The van der Waals surface area contributed by atoms with Gasteiger partial charge < -0.3 is 14.9 Å². The van der Waals surface area contributed by atoms with Crippen molar-refractivity contribution in [3.05, 3.63) is 32.0 Å². The molecule has 0 amide bonds. The number of H-pyrrole nitrogens is 1. The van der Waals surface area contributed by atoms with Gasteiger partial charge in [-0.3, -0.25) is 4.79 Å². The van der Waals surface area contributed by atoms with Crippen LogP contribution in [0.1, 0.15) is 5.56 Å². The molecule has 0 saturated heterocycles. The molecule has 1 aromatic heterocycles. The van der Waals surface area contributed by atoms with Crippen LogP contribution >= 0.6 is 11.6 Å². The normalized spacial score (nSPS) is 11.3. The van der Waals surface area contributed by atoms with Crippen LogP contribution in [0.5, 0.6) is 5.88 Å². The number of aromatic amines is 1. The van der Waals surface area contributed by atoms with E-state index in [1.165, 1.54) is 0 Å². The lowest BCUT2D eigenvalue weighted by atomic mass is 10.3. The lowest BCUT2D eigenvalue weighted by molar-refractivity contribution is -0.390. The Bertz CT molecular complexity index is 499. The molecule has 1 aromatic rings. The van der Waals surface area contributed by atoms with Crippen molar-refractivity contribution in [2.45, 2.75) is 12.2 Å². The first kappa shape index (κ1) is 13.3. The van der Waals surface area contributed by atoms with Gasteiger partial charge >= 0.3 is 12.2 Å². The highest BCUT2D eigenvalue weighted by Crippen LogP contribution is 2.23. The number of hydrogen-bond acceptors (Lipinski definition) is 4. The van der Waals surface area contributed by atoms with Crippen molar-refractivity contribution in [3.8, 4) is 5.88 Å². The molecule has 10 heteroatoms. The summed E-state index contributed by atoms with van der Waals surface area (Å²) in [5, 5.41) is 10.5. The second-order valence-corrected chi connectivity index (χ2v) is 3.03. The number of pyridine rings is 1. The van der Waals surface area contributed by atoms with Crippen LogP contribution in [0.3, 0.4) is 0 Å². The van der Waals surface area contributed by atoms with Crippen LogP contribution in [-0.2, 0) is 5.88 Å². The van der Waals surface area contributed by atoms with E-state index in [1.54, 1.807) is 4.98 Å². The quantitative estimate of drug-likeness (QED) is 0.517. The summed E-state index contributed by atoms with van der Waals surface area (Å²) in [4.78, 5) is 22.4. The largest absolute Gasteiger partial charge is 0.575 e. The molecule has 94 valence electrons. The maximum atomic E-state index is 11.8. The Morgan fingerprint density at radius 2 is 2.12 bits per heavy atom. The predicted molar refractivity (Wildman–Crippen MR) is 50.0 cm³/mol. The molecule has 6 nitrogen and oxygen atoms in total. The van der Waals surface area contributed by atoms with Crippen molar-refractivity contribution in [3.63, 3.8) is 0 Å². The summed E-state index contributed by atoms with van der Waals surface area (Å²) < 4.78 is 38.9. The van der Waals surface area contributed by atoms with Gasteiger partial charge in [-0.2, -0.15) is 0 Å². The van der Waals surface area contributed by atoms with Gasteiger partial charge in [-0.25, -0.2) is 4.98 Å². The van der Waals surface area contributed by atoms with Crippen molar-refractivity contribution in [2.24, 2.45) is 0 Å². The molecular formula is C7H4ClF3N2O4. The van der Waals surface area contributed by atoms with Gasteiger partial charge in [0.05, 0.1) is 11.9 Å². The molecule has 1 rings (SSSR count). The van der Waals surface area contributed by atoms with Crippen LogP contribution in [0.25, 0.3) is 0 Å². The van der Waals surface area contributed by atoms with Gasteiger partial charge in [-0.1, -0.05) is 0 Å². The number of nitro groups is 1. The highest BCUT2D eigenvalue weighted by Gasteiger charge is 2.34. The molecule has 0 aromatic carbocycles.